The molecule has 0 aliphatic carbocycles. The maximum atomic E-state index is 12.3. The number of benzene rings is 2. The van der Waals surface area contributed by atoms with E-state index in [1.807, 2.05) is 62.5 Å². The Morgan fingerprint density at radius 2 is 1.96 bits per heavy atom. The minimum atomic E-state index is -0.152. The summed E-state index contributed by atoms with van der Waals surface area (Å²) in [5, 5.41) is 4.08. The number of para-hydroxylation sites is 3. The number of nitrogens with zero attached hydrogens (tertiary/aromatic N) is 2. The Kier molecular flexibility index (Phi) is 4.67. The van der Waals surface area contributed by atoms with Gasteiger partial charge in [-0.15, -0.1) is 0 Å². The molecule has 2 aromatic carbocycles. The summed E-state index contributed by atoms with van der Waals surface area (Å²) >= 11 is 0. The van der Waals surface area contributed by atoms with Crippen LogP contribution in [0.15, 0.2) is 59.0 Å². The molecule has 138 valence electrons. The van der Waals surface area contributed by atoms with Crippen molar-refractivity contribution in [1.29, 1.82) is 0 Å². The fourth-order valence-corrected chi connectivity index (χ4v) is 3.43. The molecule has 0 aliphatic rings. The molecule has 5 heteroatoms. The van der Waals surface area contributed by atoms with E-state index in [9.17, 15) is 4.79 Å². The van der Waals surface area contributed by atoms with Gasteiger partial charge in [-0.25, -0.2) is 4.98 Å². The number of nitrogens with one attached hydrogen (secondary N) is 1. The zero-order chi connectivity index (χ0) is 18.8. The van der Waals surface area contributed by atoms with E-state index in [1.165, 1.54) is 0 Å². The van der Waals surface area contributed by atoms with Crippen molar-refractivity contribution in [3.8, 4) is 0 Å². The topological polar surface area (TPSA) is 60.1 Å². The number of amides is 1. The van der Waals surface area contributed by atoms with Gasteiger partial charge in [-0.3, -0.25) is 4.79 Å². The second-order valence-corrected chi connectivity index (χ2v) is 6.91. The predicted octanol–water partition coefficient (Wildman–Crippen LogP) is 4.52. The number of aryl methyl sites for hydroxylation is 2. The Bertz CT molecular complexity index is 1060. The normalized spacial score (nSPS) is 12.5. The summed E-state index contributed by atoms with van der Waals surface area (Å²) < 4.78 is 7.93. The van der Waals surface area contributed by atoms with Crippen LogP contribution < -0.4 is 5.32 Å². The van der Waals surface area contributed by atoms with Crippen LogP contribution in [0, 0.1) is 0 Å². The first-order valence-corrected chi connectivity index (χ1v) is 9.30. The van der Waals surface area contributed by atoms with Gasteiger partial charge in [0.1, 0.15) is 17.2 Å². The molecule has 1 amide bonds. The number of furan rings is 1. The number of rotatable bonds is 6. The highest BCUT2D eigenvalue weighted by molar-refractivity contribution is 5.79. The molecule has 0 aliphatic heterocycles. The highest BCUT2D eigenvalue weighted by atomic mass is 16.3. The zero-order valence-electron chi connectivity index (χ0n) is 15.6. The van der Waals surface area contributed by atoms with Crippen LogP contribution in [-0.2, 0) is 18.3 Å². The summed E-state index contributed by atoms with van der Waals surface area (Å²) in [7, 11) is 2.02. The minimum absolute atomic E-state index is 0.0294. The lowest BCUT2D eigenvalue weighted by molar-refractivity contribution is -0.121. The molecule has 0 spiro atoms. The standard InChI is InChI=1S/C22H23N3O2/c1-15(20-14-16-8-3-6-11-19(16)27-20)23-22(26)13-7-12-21-24-17-9-4-5-10-18(17)25(21)2/h3-6,8-11,14-15H,7,12-13H2,1-2H3,(H,23,26). The molecular formula is C22H23N3O2. The van der Waals surface area contributed by atoms with Crippen molar-refractivity contribution in [1.82, 2.24) is 14.9 Å². The SMILES string of the molecule is CC(NC(=O)CCCc1nc2ccccc2n1C)c1cc2ccccc2o1. The maximum absolute atomic E-state index is 12.3. The first kappa shape index (κ1) is 17.3. The van der Waals surface area contributed by atoms with E-state index in [0.29, 0.717) is 6.42 Å². The van der Waals surface area contributed by atoms with Gasteiger partial charge in [-0.1, -0.05) is 30.3 Å². The Morgan fingerprint density at radius 3 is 2.78 bits per heavy atom. The van der Waals surface area contributed by atoms with Crippen molar-refractivity contribution in [2.24, 2.45) is 7.05 Å². The third kappa shape index (κ3) is 3.58. The molecule has 0 bridgehead atoms. The summed E-state index contributed by atoms with van der Waals surface area (Å²) in [5.41, 5.74) is 2.96. The molecule has 1 N–H and O–H groups in total. The number of aromatic nitrogens is 2. The first-order valence-electron chi connectivity index (χ1n) is 9.30. The third-order valence-corrected chi connectivity index (χ3v) is 4.93. The molecule has 2 aromatic heterocycles. The van der Waals surface area contributed by atoms with Crippen LogP contribution in [0.1, 0.15) is 37.4 Å². The highest BCUT2D eigenvalue weighted by Crippen LogP contribution is 2.23. The summed E-state index contributed by atoms with van der Waals surface area (Å²) in [6.07, 6.45) is 2.00. The van der Waals surface area contributed by atoms with E-state index in [1.54, 1.807) is 0 Å². The first-order chi connectivity index (χ1) is 13.1. The number of hydrogen-bond donors (Lipinski definition) is 1. The van der Waals surface area contributed by atoms with Crippen molar-refractivity contribution in [2.75, 3.05) is 0 Å². The predicted molar refractivity (Wildman–Crippen MR) is 106 cm³/mol. The van der Waals surface area contributed by atoms with Crippen LogP contribution in [0.25, 0.3) is 22.0 Å². The van der Waals surface area contributed by atoms with Crippen LogP contribution in [0.5, 0.6) is 0 Å². The summed E-state index contributed by atoms with van der Waals surface area (Å²) in [4.78, 5) is 17.0. The minimum Gasteiger partial charge on any atom is -0.459 e. The van der Waals surface area contributed by atoms with Crippen LogP contribution in [-0.4, -0.2) is 15.5 Å². The molecule has 27 heavy (non-hydrogen) atoms. The van der Waals surface area contributed by atoms with E-state index >= 15 is 0 Å². The largest absolute Gasteiger partial charge is 0.459 e. The summed E-state index contributed by atoms with van der Waals surface area (Å²) in [6, 6.07) is 17.8. The Morgan fingerprint density at radius 1 is 1.19 bits per heavy atom. The molecule has 1 unspecified atom stereocenters. The molecule has 0 radical (unpaired) electrons. The van der Waals surface area contributed by atoms with Gasteiger partial charge in [-0.2, -0.15) is 0 Å². The van der Waals surface area contributed by atoms with Gasteiger partial charge >= 0.3 is 0 Å². The number of carbonyl (C=O) groups excluding carboxylic acids is 1. The lowest BCUT2D eigenvalue weighted by atomic mass is 10.2. The Labute approximate surface area is 158 Å². The molecule has 0 saturated heterocycles. The van der Waals surface area contributed by atoms with Gasteiger partial charge in [0, 0.05) is 25.3 Å². The molecule has 4 aromatic rings. The smallest absolute Gasteiger partial charge is 0.220 e. The molecule has 1 atom stereocenters. The zero-order valence-corrected chi connectivity index (χ0v) is 15.6. The van der Waals surface area contributed by atoms with Gasteiger partial charge in [-0.05, 0) is 37.6 Å². The highest BCUT2D eigenvalue weighted by Gasteiger charge is 2.14. The second-order valence-electron chi connectivity index (χ2n) is 6.91. The quantitative estimate of drug-likeness (QED) is 0.549. The average molecular weight is 361 g/mol. The van der Waals surface area contributed by atoms with Crippen LogP contribution >= 0.6 is 0 Å². The number of hydrogen-bond acceptors (Lipinski definition) is 3. The number of carbonyl (C=O) groups is 1. The fraction of sp³-hybridized carbons (Fsp3) is 0.273. The van der Waals surface area contributed by atoms with Crippen LogP contribution in [0.2, 0.25) is 0 Å². The number of imidazole rings is 1. The summed E-state index contributed by atoms with van der Waals surface area (Å²) in [5.74, 6) is 1.82. The lowest BCUT2D eigenvalue weighted by Crippen LogP contribution is -2.26. The van der Waals surface area contributed by atoms with Crippen molar-refractivity contribution in [3.63, 3.8) is 0 Å². The van der Waals surface area contributed by atoms with E-state index in [0.717, 1.165) is 46.4 Å². The van der Waals surface area contributed by atoms with Gasteiger partial charge in [0.15, 0.2) is 0 Å². The van der Waals surface area contributed by atoms with E-state index in [-0.39, 0.29) is 11.9 Å². The molecule has 0 saturated carbocycles. The van der Waals surface area contributed by atoms with Crippen molar-refractivity contribution in [3.05, 3.63) is 66.2 Å². The van der Waals surface area contributed by atoms with E-state index < -0.39 is 0 Å². The van der Waals surface area contributed by atoms with E-state index in [2.05, 4.69) is 20.9 Å². The molecule has 5 nitrogen and oxygen atoms in total. The molecule has 2 heterocycles. The van der Waals surface area contributed by atoms with Crippen molar-refractivity contribution >= 4 is 27.9 Å². The van der Waals surface area contributed by atoms with Gasteiger partial charge in [0.05, 0.1) is 17.1 Å². The van der Waals surface area contributed by atoms with Gasteiger partial charge in [0.2, 0.25) is 5.91 Å². The Hall–Kier alpha value is -3.08. The molecular weight excluding hydrogens is 338 g/mol. The van der Waals surface area contributed by atoms with Crippen LogP contribution in [0.4, 0.5) is 0 Å². The van der Waals surface area contributed by atoms with Crippen LogP contribution in [0.3, 0.4) is 0 Å². The Balaban J connectivity index is 1.33. The fourth-order valence-electron chi connectivity index (χ4n) is 3.43. The molecule has 0 fully saturated rings. The van der Waals surface area contributed by atoms with Gasteiger partial charge < -0.3 is 14.3 Å². The number of fused-ring (bicyclic) bond motifs is 2. The lowest BCUT2D eigenvalue weighted by Gasteiger charge is -2.11. The monoisotopic (exact) mass is 361 g/mol. The molecule has 4 rings (SSSR count). The third-order valence-electron chi connectivity index (χ3n) is 4.93. The summed E-state index contributed by atoms with van der Waals surface area (Å²) in [6.45, 7) is 1.95. The maximum Gasteiger partial charge on any atom is 0.220 e. The van der Waals surface area contributed by atoms with Gasteiger partial charge in [0.25, 0.3) is 0 Å². The van der Waals surface area contributed by atoms with E-state index in [4.69, 9.17) is 4.42 Å². The average Bonchev–Trinajstić information content (AvgIpc) is 3.24. The van der Waals surface area contributed by atoms with Crippen molar-refractivity contribution < 1.29 is 9.21 Å². The second kappa shape index (κ2) is 7.27. The van der Waals surface area contributed by atoms with Crippen molar-refractivity contribution in [2.45, 2.75) is 32.2 Å².